The van der Waals surface area contributed by atoms with Crippen LogP contribution in [-0.2, 0) is 0 Å². The lowest BCUT2D eigenvalue weighted by molar-refractivity contribution is 0.102. The third-order valence-electron chi connectivity index (χ3n) is 2.59. The third kappa shape index (κ3) is 3.75. The first-order chi connectivity index (χ1) is 9.95. The topological polar surface area (TPSA) is 84.2 Å². The molecule has 2 rings (SSSR count). The number of hydrogen-bond acceptors (Lipinski definition) is 2. The highest BCUT2D eigenvalue weighted by atomic mass is 19.2. The Labute approximate surface area is 118 Å². The van der Waals surface area contributed by atoms with Gasteiger partial charge in [0.05, 0.1) is 0 Å². The molecule has 4 N–H and O–H groups in total. The number of anilines is 2. The molecule has 2 aromatic rings. The molecule has 2 aromatic carbocycles. The Morgan fingerprint density at radius 1 is 0.857 bits per heavy atom. The van der Waals surface area contributed by atoms with E-state index >= 15 is 0 Å². The van der Waals surface area contributed by atoms with Gasteiger partial charge in [-0.25, -0.2) is 13.6 Å². The van der Waals surface area contributed by atoms with Gasteiger partial charge < -0.3 is 16.4 Å². The Balaban J connectivity index is 2.08. The van der Waals surface area contributed by atoms with Crippen molar-refractivity contribution in [3.8, 4) is 0 Å². The van der Waals surface area contributed by atoms with Crippen LogP contribution in [-0.4, -0.2) is 11.9 Å². The molecule has 0 radical (unpaired) electrons. The maximum absolute atomic E-state index is 13.0. The SMILES string of the molecule is NC(=O)Nc1ccc(NC(=O)c2ccc(F)c(F)c2)cc1. The summed E-state index contributed by atoms with van der Waals surface area (Å²) in [6.07, 6.45) is 0. The summed E-state index contributed by atoms with van der Waals surface area (Å²) in [5.41, 5.74) is 5.85. The average Bonchev–Trinajstić information content (AvgIpc) is 2.43. The van der Waals surface area contributed by atoms with Crippen LogP contribution in [0.3, 0.4) is 0 Å². The van der Waals surface area contributed by atoms with E-state index in [9.17, 15) is 18.4 Å². The lowest BCUT2D eigenvalue weighted by Crippen LogP contribution is -2.19. The van der Waals surface area contributed by atoms with Crippen molar-refractivity contribution in [1.29, 1.82) is 0 Å². The zero-order valence-electron chi connectivity index (χ0n) is 10.7. The predicted molar refractivity (Wildman–Crippen MR) is 74.0 cm³/mol. The van der Waals surface area contributed by atoms with Gasteiger partial charge in [-0.1, -0.05) is 0 Å². The second-order valence-corrected chi connectivity index (χ2v) is 4.15. The van der Waals surface area contributed by atoms with Crippen LogP contribution in [0.25, 0.3) is 0 Å². The van der Waals surface area contributed by atoms with Crippen LogP contribution in [0.1, 0.15) is 10.4 Å². The number of halogens is 2. The van der Waals surface area contributed by atoms with Crippen molar-refractivity contribution in [1.82, 2.24) is 0 Å². The molecule has 0 aliphatic rings. The molecular weight excluding hydrogens is 280 g/mol. The molecule has 0 atom stereocenters. The fourth-order valence-corrected chi connectivity index (χ4v) is 1.62. The van der Waals surface area contributed by atoms with E-state index in [-0.39, 0.29) is 5.56 Å². The van der Waals surface area contributed by atoms with Gasteiger partial charge in [0, 0.05) is 16.9 Å². The van der Waals surface area contributed by atoms with Gasteiger partial charge in [-0.05, 0) is 42.5 Å². The minimum atomic E-state index is -1.09. The number of rotatable bonds is 3. The van der Waals surface area contributed by atoms with Crippen LogP contribution in [0.5, 0.6) is 0 Å². The van der Waals surface area contributed by atoms with E-state index in [0.717, 1.165) is 12.1 Å². The zero-order valence-corrected chi connectivity index (χ0v) is 10.7. The lowest BCUT2D eigenvalue weighted by atomic mass is 10.2. The van der Waals surface area contributed by atoms with E-state index < -0.39 is 23.6 Å². The molecule has 0 aliphatic heterocycles. The molecule has 21 heavy (non-hydrogen) atoms. The molecule has 0 heterocycles. The summed E-state index contributed by atoms with van der Waals surface area (Å²) in [7, 11) is 0. The Kier molecular flexibility index (Phi) is 4.13. The molecule has 0 aliphatic carbocycles. The number of primary amides is 1. The summed E-state index contributed by atoms with van der Waals surface area (Å²) in [5, 5.41) is 4.88. The van der Waals surface area contributed by atoms with Gasteiger partial charge in [0.15, 0.2) is 11.6 Å². The van der Waals surface area contributed by atoms with Crippen LogP contribution >= 0.6 is 0 Å². The van der Waals surface area contributed by atoms with Crippen LogP contribution in [0.4, 0.5) is 25.0 Å². The second-order valence-electron chi connectivity index (χ2n) is 4.15. The normalized spacial score (nSPS) is 10.0. The lowest BCUT2D eigenvalue weighted by Gasteiger charge is -2.07. The van der Waals surface area contributed by atoms with Gasteiger partial charge in [0.25, 0.3) is 5.91 Å². The number of carbonyl (C=O) groups is 2. The highest BCUT2D eigenvalue weighted by Crippen LogP contribution is 2.15. The maximum Gasteiger partial charge on any atom is 0.316 e. The molecule has 0 fully saturated rings. The van der Waals surface area contributed by atoms with Crippen LogP contribution in [0.2, 0.25) is 0 Å². The fraction of sp³-hybridized carbons (Fsp3) is 0. The Hall–Kier alpha value is -2.96. The Morgan fingerprint density at radius 2 is 1.43 bits per heavy atom. The van der Waals surface area contributed by atoms with Crippen molar-refractivity contribution in [2.75, 3.05) is 10.6 Å². The molecule has 0 unspecified atom stereocenters. The Bertz CT molecular complexity index is 687. The van der Waals surface area contributed by atoms with Crippen LogP contribution in [0, 0.1) is 11.6 Å². The number of benzene rings is 2. The molecule has 0 bridgehead atoms. The first kappa shape index (κ1) is 14.4. The monoisotopic (exact) mass is 291 g/mol. The molecule has 3 amide bonds. The number of carbonyl (C=O) groups excluding carboxylic acids is 2. The maximum atomic E-state index is 13.0. The minimum Gasteiger partial charge on any atom is -0.351 e. The Morgan fingerprint density at radius 3 is 1.95 bits per heavy atom. The summed E-state index contributed by atoms with van der Waals surface area (Å²) in [4.78, 5) is 22.5. The molecule has 0 aromatic heterocycles. The number of hydrogen-bond donors (Lipinski definition) is 3. The summed E-state index contributed by atoms with van der Waals surface area (Å²) in [6.45, 7) is 0. The predicted octanol–water partition coefficient (Wildman–Crippen LogP) is 2.71. The van der Waals surface area contributed by atoms with Crippen LogP contribution in [0.15, 0.2) is 42.5 Å². The van der Waals surface area contributed by atoms with E-state index in [1.807, 2.05) is 0 Å². The summed E-state index contributed by atoms with van der Waals surface area (Å²) in [6, 6.07) is 8.30. The first-order valence-corrected chi connectivity index (χ1v) is 5.88. The number of amides is 3. The number of nitrogens with two attached hydrogens (primary N) is 1. The fourth-order valence-electron chi connectivity index (χ4n) is 1.62. The highest BCUT2D eigenvalue weighted by molar-refractivity contribution is 6.04. The first-order valence-electron chi connectivity index (χ1n) is 5.88. The van der Waals surface area contributed by atoms with Gasteiger partial charge in [-0.3, -0.25) is 4.79 Å². The van der Waals surface area contributed by atoms with Crippen molar-refractivity contribution in [2.45, 2.75) is 0 Å². The minimum absolute atomic E-state index is 0.00626. The van der Waals surface area contributed by atoms with Crippen molar-refractivity contribution >= 4 is 23.3 Å². The zero-order chi connectivity index (χ0) is 15.4. The summed E-state index contributed by atoms with van der Waals surface area (Å²) < 4.78 is 25.8. The molecular formula is C14H11F2N3O2. The van der Waals surface area contributed by atoms with E-state index in [0.29, 0.717) is 11.4 Å². The van der Waals surface area contributed by atoms with Gasteiger partial charge >= 0.3 is 6.03 Å². The quantitative estimate of drug-likeness (QED) is 0.812. The molecule has 0 spiro atoms. The van der Waals surface area contributed by atoms with E-state index in [4.69, 9.17) is 5.73 Å². The standard InChI is InChI=1S/C14H11F2N3O2/c15-11-6-1-8(7-12(11)16)13(20)18-9-2-4-10(5-3-9)19-14(17)21/h1-7H,(H,18,20)(H3,17,19,21). The number of nitrogens with one attached hydrogen (secondary N) is 2. The van der Waals surface area contributed by atoms with E-state index in [1.165, 1.54) is 30.3 Å². The largest absolute Gasteiger partial charge is 0.351 e. The van der Waals surface area contributed by atoms with E-state index in [1.54, 1.807) is 0 Å². The van der Waals surface area contributed by atoms with E-state index in [2.05, 4.69) is 10.6 Å². The second kappa shape index (κ2) is 6.00. The van der Waals surface area contributed by atoms with Gasteiger partial charge in [0.2, 0.25) is 0 Å². The molecule has 0 saturated heterocycles. The molecule has 0 saturated carbocycles. The van der Waals surface area contributed by atoms with Crippen molar-refractivity contribution < 1.29 is 18.4 Å². The van der Waals surface area contributed by atoms with Gasteiger partial charge in [-0.2, -0.15) is 0 Å². The molecule has 108 valence electrons. The smallest absolute Gasteiger partial charge is 0.316 e. The summed E-state index contributed by atoms with van der Waals surface area (Å²) >= 11 is 0. The molecule has 5 nitrogen and oxygen atoms in total. The van der Waals surface area contributed by atoms with Crippen molar-refractivity contribution in [2.24, 2.45) is 5.73 Å². The molecule has 7 heteroatoms. The average molecular weight is 291 g/mol. The van der Waals surface area contributed by atoms with Crippen molar-refractivity contribution in [3.63, 3.8) is 0 Å². The summed E-state index contributed by atoms with van der Waals surface area (Å²) in [5.74, 6) is -2.69. The number of urea groups is 1. The van der Waals surface area contributed by atoms with Gasteiger partial charge in [0.1, 0.15) is 0 Å². The van der Waals surface area contributed by atoms with Crippen molar-refractivity contribution in [3.05, 3.63) is 59.7 Å². The highest BCUT2D eigenvalue weighted by Gasteiger charge is 2.10. The van der Waals surface area contributed by atoms with Crippen LogP contribution < -0.4 is 16.4 Å². The van der Waals surface area contributed by atoms with Gasteiger partial charge in [-0.15, -0.1) is 0 Å². The third-order valence-corrected chi connectivity index (χ3v) is 2.59.